The fraction of sp³-hybridized carbons (Fsp3) is 0.0556. The maximum Gasteiger partial charge on any atom is 0.254 e. The van der Waals surface area contributed by atoms with Crippen molar-refractivity contribution in [3.63, 3.8) is 0 Å². The number of benzene rings is 2. The van der Waals surface area contributed by atoms with Gasteiger partial charge >= 0.3 is 0 Å². The lowest BCUT2D eigenvalue weighted by atomic mass is 10.1. The average molecular weight is 291 g/mol. The zero-order chi connectivity index (χ0) is 15.5. The molecule has 0 fully saturated rings. The Morgan fingerprint density at radius 2 is 1.59 bits per heavy atom. The Hall–Kier alpha value is -3.01. The Kier molecular flexibility index (Phi) is 3.66. The second kappa shape index (κ2) is 5.77. The number of fused-ring (bicyclic) bond motifs is 1. The molecule has 2 N–H and O–H groups in total. The summed E-state index contributed by atoms with van der Waals surface area (Å²) in [5, 5.41) is 0.875. The number of carbonyl (C=O) groups is 2. The number of amides is 1. The standard InChI is InChI=1S/C18H14N2O2/c19-18(22)15-10-14-8-4-5-9-16(14)20(11-15)12-17(21)13-6-2-1-3-7-13/h1-11H,12H2,(H-,19,22)/p+1. The molecule has 22 heavy (non-hydrogen) atoms. The van der Waals surface area contributed by atoms with E-state index in [-0.39, 0.29) is 12.3 Å². The molecule has 4 nitrogen and oxygen atoms in total. The maximum atomic E-state index is 12.4. The van der Waals surface area contributed by atoms with Crippen molar-refractivity contribution in [1.82, 2.24) is 0 Å². The number of rotatable bonds is 4. The number of aromatic nitrogens is 1. The molecule has 1 amide bonds. The highest BCUT2D eigenvalue weighted by atomic mass is 16.1. The summed E-state index contributed by atoms with van der Waals surface area (Å²) in [5.41, 5.74) is 7.29. The van der Waals surface area contributed by atoms with Crippen molar-refractivity contribution in [2.45, 2.75) is 6.54 Å². The molecule has 0 saturated heterocycles. The van der Waals surface area contributed by atoms with Crippen LogP contribution in [0.15, 0.2) is 66.9 Å². The summed E-state index contributed by atoms with van der Waals surface area (Å²) in [6.45, 7) is 0.158. The molecule has 2 aromatic carbocycles. The third kappa shape index (κ3) is 2.72. The van der Waals surface area contributed by atoms with Crippen LogP contribution < -0.4 is 10.3 Å². The van der Waals surface area contributed by atoms with Crippen LogP contribution in [0.3, 0.4) is 0 Å². The summed E-state index contributed by atoms with van der Waals surface area (Å²) in [6.07, 6.45) is 1.63. The number of pyridine rings is 1. The number of hydrogen-bond acceptors (Lipinski definition) is 2. The fourth-order valence-electron chi connectivity index (χ4n) is 2.45. The average Bonchev–Trinajstić information content (AvgIpc) is 2.55. The van der Waals surface area contributed by atoms with E-state index < -0.39 is 5.91 Å². The van der Waals surface area contributed by atoms with Gasteiger partial charge in [-0.3, -0.25) is 9.59 Å². The van der Waals surface area contributed by atoms with Crippen LogP contribution in [-0.2, 0) is 6.54 Å². The van der Waals surface area contributed by atoms with Crippen LogP contribution in [0.1, 0.15) is 20.7 Å². The summed E-state index contributed by atoms with van der Waals surface area (Å²) in [7, 11) is 0. The highest BCUT2D eigenvalue weighted by molar-refractivity contribution is 5.96. The summed E-state index contributed by atoms with van der Waals surface area (Å²) in [5.74, 6) is -0.524. The quantitative estimate of drug-likeness (QED) is 0.591. The van der Waals surface area contributed by atoms with Gasteiger partial charge in [-0.05, 0) is 12.1 Å². The molecular formula is C18H15N2O2+. The molecule has 0 aliphatic rings. The Morgan fingerprint density at radius 3 is 2.32 bits per heavy atom. The molecule has 0 aliphatic heterocycles. The number of Topliss-reactive ketones (excluding diaryl/α,β-unsaturated/α-hetero) is 1. The van der Waals surface area contributed by atoms with Crippen LogP contribution in [0.5, 0.6) is 0 Å². The first kappa shape index (κ1) is 13.9. The van der Waals surface area contributed by atoms with E-state index in [0.29, 0.717) is 11.1 Å². The summed E-state index contributed by atoms with van der Waals surface area (Å²) in [4.78, 5) is 23.9. The highest BCUT2D eigenvalue weighted by Crippen LogP contribution is 2.12. The minimum atomic E-state index is -0.508. The van der Waals surface area contributed by atoms with Crippen molar-refractivity contribution < 1.29 is 14.2 Å². The van der Waals surface area contributed by atoms with Crippen molar-refractivity contribution in [1.29, 1.82) is 0 Å². The van der Waals surface area contributed by atoms with Gasteiger partial charge in [-0.15, -0.1) is 0 Å². The number of ketones is 1. The molecular weight excluding hydrogens is 276 g/mol. The summed E-state index contributed by atoms with van der Waals surface area (Å²) >= 11 is 0. The molecule has 1 aromatic heterocycles. The van der Waals surface area contributed by atoms with Crippen LogP contribution in [-0.4, -0.2) is 11.7 Å². The first-order valence-electron chi connectivity index (χ1n) is 6.95. The highest BCUT2D eigenvalue weighted by Gasteiger charge is 2.18. The number of nitrogens with zero attached hydrogens (tertiary/aromatic N) is 1. The van der Waals surface area contributed by atoms with E-state index in [4.69, 9.17) is 5.73 Å². The van der Waals surface area contributed by atoms with Crippen molar-refractivity contribution in [2.24, 2.45) is 5.73 Å². The zero-order valence-electron chi connectivity index (χ0n) is 11.9. The van der Waals surface area contributed by atoms with Gasteiger partial charge in [0, 0.05) is 17.0 Å². The van der Waals surface area contributed by atoms with Crippen LogP contribution in [0.4, 0.5) is 0 Å². The molecule has 0 aliphatic carbocycles. The molecule has 0 spiro atoms. The van der Waals surface area contributed by atoms with E-state index >= 15 is 0 Å². The summed E-state index contributed by atoms with van der Waals surface area (Å²) < 4.78 is 1.77. The van der Waals surface area contributed by atoms with E-state index in [1.165, 1.54) is 0 Å². The Morgan fingerprint density at radius 1 is 0.909 bits per heavy atom. The minimum absolute atomic E-state index is 0.0163. The molecule has 4 heteroatoms. The number of para-hydroxylation sites is 1. The summed E-state index contributed by atoms with van der Waals surface area (Å²) in [6, 6.07) is 18.4. The van der Waals surface area contributed by atoms with Gasteiger partial charge in [-0.1, -0.05) is 42.5 Å². The van der Waals surface area contributed by atoms with E-state index in [1.54, 1.807) is 29.0 Å². The van der Waals surface area contributed by atoms with E-state index in [2.05, 4.69) is 0 Å². The lowest BCUT2D eigenvalue weighted by molar-refractivity contribution is -0.657. The smallest absolute Gasteiger partial charge is 0.254 e. The van der Waals surface area contributed by atoms with E-state index in [9.17, 15) is 9.59 Å². The third-order valence-electron chi connectivity index (χ3n) is 3.55. The van der Waals surface area contributed by atoms with Crippen molar-refractivity contribution in [3.05, 3.63) is 78.0 Å². The molecule has 0 saturated carbocycles. The molecule has 0 unspecified atom stereocenters. The number of hydrogen-bond donors (Lipinski definition) is 1. The van der Waals surface area contributed by atoms with Gasteiger partial charge in [0.05, 0.1) is 0 Å². The Balaban J connectivity index is 2.06. The van der Waals surface area contributed by atoms with Crippen LogP contribution in [0.2, 0.25) is 0 Å². The normalized spacial score (nSPS) is 10.5. The van der Waals surface area contributed by atoms with E-state index in [0.717, 1.165) is 10.9 Å². The monoisotopic (exact) mass is 291 g/mol. The molecule has 3 rings (SSSR count). The number of primary amides is 1. The minimum Gasteiger partial charge on any atom is -0.365 e. The topological polar surface area (TPSA) is 64.0 Å². The Labute approximate surface area is 127 Å². The van der Waals surface area contributed by atoms with Gasteiger partial charge in [0.25, 0.3) is 5.91 Å². The first-order valence-corrected chi connectivity index (χ1v) is 6.95. The van der Waals surface area contributed by atoms with Crippen LogP contribution >= 0.6 is 0 Å². The predicted octanol–water partition coefficient (Wildman–Crippen LogP) is 2.11. The molecule has 1 heterocycles. The second-order valence-corrected chi connectivity index (χ2v) is 5.07. The fourth-order valence-corrected chi connectivity index (χ4v) is 2.45. The number of carbonyl (C=O) groups excluding carboxylic acids is 2. The van der Waals surface area contributed by atoms with Gasteiger partial charge in [-0.2, -0.15) is 4.57 Å². The molecule has 0 bridgehead atoms. The van der Waals surface area contributed by atoms with Gasteiger partial charge in [0.2, 0.25) is 17.8 Å². The lowest BCUT2D eigenvalue weighted by Gasteiger charge is -2.03. The first-order chi connectivity index (χ1) is 10.6. The van der Waals surface area contributed by atoms with Crippen molar-refractivity contribution in [2.75, 3.05) is 0 Å². The molecule has 0 atom stereocenters. The second-order valence-electron chi connectivity index (χ2n) is 5.07. The van der Waals surface area contributed by atoms with Crippen LogP contribution in [0.25, 0.3) is 10.9 Å². The molecule has 3 aromatic rings. The largest absolute Gasteiger partial charge is 0.365 e. The molecule has 108 valence electrons. The third-order valence-corrected chi connectivity index (χ3v) is 3.55. The Bertz CT molecular complexity index is 857. The van der Waals surface area contributed by atoms with Crippen LogP contribution in [0, 0.1) is 0 Å². The van der Waals surface area contributed by atoms with E-state index in [1.807, 2.05) is 42.5 Å². The zero-order valence-corrected chi connectivity index (χ0v) is 11.9. The van der Waals surface area contributed by atoms with Crippen molar-refractivity contribution in [3.8, 4) is 0 Å². The lowest BCUT2D eigenvalue weighted by Crippen LogP contribution is -2.39. The van der Waals surface area contributed by atoms with Crippen molar-refractivity contribution >= 4 is 22.6 Å². The maximum absolute atomic E-state index is 12.4. The van der Waals surface area contributed by atoms with Gasteiger partial charge in [-0.25, -0.2) is 0 Å². The predicted molar refractivity (Wildman–Crippen MR) is 83.4 cm³/mol. The van der Waals surface area contributed by atoms with Gasteiger partial charge < -0.3 is 5.73 Å². The number of nitrogens with two attached hydrogens (primary N) is 1. The molecule has 0 radical (unpaired) electrons. The SMILES string of the molecule is NC(=O)c1cc2ccccc2[n+](CC(=O)c2ccccc2)c1. The van der Waals surface area contributed by atoms with Gasteiger partial charge in [0.1, 0.15) is 5.56 Å². The van der Waals surface area contributed by atoms with Gasteiger partial charge in [0.15, 0.2) is 6.20 Å².